The average Bonchev–Trinajstić information content (AvgIpc) is 2.91. The van der Waals surface area contributed by atoms with Crippen molar-refractivity contribution < 1.29 is 9.47 Å². The summed E-state index contributed by atoms with van der Waals surface area (Å²) < 4.78 is 13.2. The van der Waals surface area contributed by atoms with E-state index in [9.17, 15) is 0 Å². The summed E-state index contributed by atoms with van der Waals surface area (Å²) in [6.07, 6.45) is 3.63. The highest BCUT2D eigenvalue weighted by Crippen LogP contribution is 2.21. The molecule has 0 saturated carbocycles. The molecular weight excluding hydrogens is 256 g/mol. The van der Waals surface area contributed by atoms with Crippen LogP contribution < -0.4 is 10.1 Å². The molecule has 6 heteroatoms. The molecule has 3 rings (SSSR count). The fourth-order valence-corrected chi connectivity index (χ4v) is 2.21. The molecule has 1 aliphatic heterocycles. The fraction of sp³-hybridized carbons (Fsp3) is 0.571. The lowest BCUT2D eigenvalue weighted by molar-refractivity contribution is -0.000477. The maximum absolute atomic E-state index is 5.81. The minimum Gasteiger partial charge on any atom is -0.473 e. The summed E-state index contributed by atoms with van der Waals surface area (Å²) in [5.74, 6) is 0.995. The molecule has 0 radical (unpaired) electrons. The number of rotatable bonds is 4. The predicted molar refractivity (Wildman–Crippen MR) is 75.2 cm³/mol. The Balaban J connectivity index is 1.76. The summed E-state index contributed by atoms with van der Waals surface area (Å²) in [7, 11) is 0. The summed E-state index contributed by atoms with van der Waals surface area (Å²) in [5, 5.41) is 7.81. The standard InChI is InChI=1S/C14H20N4O2/c1-10(2)12-7-13-14(16-3-5-18(13)17-12)20-9-11-8-15-4-6-19-11/h3,5,7,10-11,15H,4,6,8-9H2,1-2H3. The van der Waals surface area contributed by atoms with Crippen LogP contribution >= 0.6 is 0 Å². The average molecular weight is 276 g/mol. The molecule has 2 aromatic rings. The van der Waals surface area contributed by atoms with E-state index in [1.54, 1.807) is 6.20 Å². The van der Waals surface area contributed by atoms with Crippen molar-refractivity contribution >= 4 is 5.52 Å². The van der Waals surface area contributed by atoms with Crippen molar-refractivity contribution in [1.82, 2.24) is 19.9 Å². The monoisotopic (exact) mass is 276 g/mol. The Morgan fingerprint density at radius 3 is 3.20 bits per heavy atom. The molecule has 1 N–H and O–H groups in total. The number of fused-ring (bicyclic) bond motifs is 1. The quantitative estimate of drug-likeness (QED) is 0.910. The van der Waals surface area contributed by atoms with Crippen molar-refractivity contribution in [3.63, 3.8) is 0 Å². The van der Waals surface area contributed by atoms with Gasteiger partial charge in [-0.2, -0.15) is 5.10 Å². The maximum Gasteiger partial charge on any atom is 0.240 e. The van der Waals surface area contributed by atoms with Crippen molar-refractivity contribution in [2.45, 2.75) is 25.9 Å². The van der Waals surface area contributed by atoms with Crippen molar-refractivity contribution in [2.24, 2.45) is 0 Å². The lowest BCUT2D eigenvalue weighted by Gasteiger charge is -2.23. The molecule has 1 atom stereocenters. The number of ether oxygens (including phenoxy) is 2. The van der Waals surface area contributed by atoms with Gasteiger partial charge in [-0.3, -0.25) is 0 Å². The third-order valence-corrected chi connectivity index (χ3v) is 3.38. The molecule has 0 aliphatic carbocycles. The van der Waals surface area contributed by atoms with Gasteiger partial charge in [0, 0.05) is 25.5 Å². The van der Waals surface area contributed by atoms with E-state index in [1.807, 2.05) is 16.8 Å². The second-order valence-corrected chi connectivity index (χ2v) is 5.29. The van der Waals surface area contributed by atoms with Crippen LogP contribution in [-0.2, 0) is 4.74 Å². The zero-order valence-corrected chi connectivity index (χ0v) is 11.9. The van der Waals surface area contributed by atoms with Crippen molar-refractivity contribution in [1.29, 1.82) is 0 Å². The van der Waals surface area contributed by atoms with E-state index in [4.69, 9.17) is 9.47 Å². The van der Waals surface area contributed by atoms with E-state index in [0.717, 1.165) is 30.9 Å². The van der Waals surface area contributed by atoms with Gasteiger partial charge in [-0.25, -0.2) is 9.50 Å². The van der Waals surface area contributed by atoms with Gasteiger partial charge in [0.1, 0.15) is 18.2 Å². The summed E-state index contributed by atoms with van der Waals surface area (Å²) in [5.41, 5.74) is 1.94. The van der Waals surface area contributed by atoms with Crippen LogP contribution in [0.2, 0.25) is 0 Å². The molecule has 0 aromatic carbocycles. The van der Waals surface area contributed by atoms with E-state index < -0.39 is 0 Å². The van der Waals surface area contributed by atoms with E-state index in [1.165, 1.54) is 0 Å². The summed E-state index contributed by atoms with van der Waals surface area (Å²) >= 11 is 0. The molecule has 20 heavy (non-hydrogen) atoms. The minimum absolute atomic E-state index is 0.0818. The molecular formula is C14H20N4O2. The first-order valence-corrected chi connectivity index (χ1v) is 7.03. The molecule has 108 valence electrons. The molecule has 3 heterocycles. The van der Waals surface area contributed by atoms with E-state index in [0.29, 0.717) is 18.4 Å². The van der Waals surface area contributed by atoms with Gasteiger partial charge in [0.25, 0.3) is 0 Å². The van der Waals surface area contributed by atoms with Gasteiger partial charge in [0.2, 0.25) is 5.88 Å². The zero-order chi connectivity index (χ0) is 13.9. The lowest BCUT2D eigenvalue weighted by atomic mass is 10.1. The molecule has 0 amide bonds. The first kappa shape index (κ1) is 13.3. The third-order valence-electron chi connectivity index (χ3n) is 3.38. The topological polar surface area (TPSA) is 60.7 Å². The Kier molecular flexibility index (Phi) is 3.84. The molecule has 0 bridgehead atoms. The summed E-state index contributed by atoms with van der Waals surface area (Å²) in [6, 6.07) is 2.03. The number of aromatic nitrogens is 3. The van der Waals surface area contributed by atoms with Crippen LogP contribution in [0.25, 0.3) is 5.52 Å². The normalized spacial score (nSPS) is 19.6. The van der Waals surface area contributed by atoms with Crippen LogP contribution in [0.5, 0.6) is 5.88 Å². The van der Waals surface area contributed by atoms with Crippen LogP contribution in [0, 0.1) is 0 Å². The van der Waals surface area contributed by atoms with Gasteiger partial charge < -0.3 is 14.8 Å². The predicted octanol–water partition coefficient (Wildman–Crippen LogP) is 1.22. The van der Waals surface area contributed by atoms with Crippen LogP contribution in [0.4, 0.5) is 0 Å². The first-order chi connectivity index (χ1) is 9.74. The maximum atomic E-state index is 5.81. The van der Waals surface area contributed by atoms with Crippen molar-refractivity contribution in [3.8, 4) is 5.88 Å². The number of hydrogen-bond donors (Lipinski definition) is 1. The SMILES string of the molecule is CC(C)c1cc2c(OCC3CNCCO3)nccn2n1. The molecule has 1 aliphatic rings. The molecule has 1 fully saturated rings. The van der Waals surface area contributed by atoms with Gasteiger partial charge in [0.15, 0.2) is 0 Å². The summed E-state index contributed by atoms with van der Waals surface area (Å²) in [4.78, 5) is 4.30. The lowest BCUT2D eigenvalue weighted by Crippen LogP contribution is -2.41. The highest BCUT2D eigenvalue weighted by Gasteiger charge is 2.16. The molecule has 0 spiro atoms. The highest BCUT2D eigenvalue weighted by atomic mass is 16.5. The largest absolute Gasteiger partial charge is 0.473 e. The number of nitrogens with one attached hydrogen (secondary N) is 1. The Morgan fingerprint density at radius 2 is 2.45 bits per heavy atom. The second kappa shape index (κ2) is 5.76. The van der Waals surface area contributed by atoms with Crippen molar-refractivity contribution in [3.05, 3.63) is 24.2 Å². The number of morpholine rings is 1. The van der Waals surface area contributed by atoms with Crippen LogP contribution in [0.15, 0.2) is 18.5 Å². The van der Waals surface area contributed by atoms with Crippen LogP contribution in [0.3, 0.4) is 0 Å². The van der Waals surface area contributed by atoms with Gasteiger partial charge in [-0.05, 0) is 12.0 Å². The second-order valence-electron chi connectivity index (χ2n) is 5.29. The van der Waals surface area contributed by atoms with E-state index >= 15 is 0 Å². The zero-order valence-electron chi connectivity index (χ0n) is 11.9. The minimum atomic E-state index is 0.0818. The first-order valence-electron chi connectivity index (χ1n) is 7.03. The molecule has 1 saturated heterocycles. The van der Waals surface area contributed by atoms with Crippen molar-refractivity contribution in [2.75, 3.05) is 26.3 Å². The highest BCUT2D eigenvalue weighted by molar-refractivity contribution is 5.56. The fourth-order valence-electron chi connectivity index (χ4n) is 2.21. The molecule has 6 nitrogen and oxygen atoms in total. The van der Waals surface area contributed by atoms with E-state index in [2.05, 4.69) is 29.2 Å². The van der Waals surface area contributed by atoms with Crippen LogP contribution in [-0.4, -0.2) is 47.0 Å². The summed E-state index contributed by atoms with van der Waals surface area (Å²) in [6.45, 7) is 7.20. The van der Waals surface area contributed by atoms with Gasteiger partial charge in [-0.15, -0.1) is 0 Å². The smallest absolute Gasteiger partial charge is 0.240 e. The molecule has 2 aromatic heterocycles. The number of hydrogen-bond acceptors (Lipinski definition) is 5. The Morgan fingerprint density at radius 1 is 1.55 bits per heavy atom. The Labute approximate surface area is 118 Å². The van der Waals surface area contributed by atoms with Gasteiger partial charge in [-0.1, -0.05) is 13.8 Å². The Hall–Kier alpha value is -1.66. The third kappa shape index (κ3) is 2.76. The molecule has 1 unspecified atom stereocenters. The van der Waals surface area contributed by atoms with E-state index in [-0.39, 0.29) is 6.10 Å². The van der Waals surface area contributed by atoms with Gasteiger partial charge >= 0.3 is 0 Å². The number of nitrogens with zero attached hydrogens (tertiary/aromatic N) is 3. The van der Waals surface area contributed by atoms with Gasteiger partial charge in [0.05, 0.1) is 12.3 Å². The van der Waals surface area contributed by atoms with Crippen LogP contribution in [0.1, 0.15) is 25.5 Å². The Bertz CT molecular complexity index is 576.